The highest BCUT2D eigenvalue weighted by Crippen LogP contribution is 2.32. The Hall–Kier alpha value is -3.21. The van der Waals surface area contributed by atoms with E-state index in [1.165, 1.54) is 22.4 Å². The van der Waals surface area contributed by atoms with Crippen LogP contribution in [-0.4, -0.2) is 39.3 Å². The molecule has 0 saturated carbocycles. The highest BCUT2D eigenvalue weighted by molar-refractivity contribution is 5.63. The van der Waals surface area contributed by atoms with Gasteiger partial charge in [-0.1, -0.05) is 36.4 Å². The quantitative estimate of drug-likeness (QED) is 0.559. The number of methoxy groups -OCH3 is 2. The highest BCUT2D eigenvalue weighted by Gasteiger charge is 2.21. The van der Waals surface area contributed by atoms with E-state index in [0.717, 1.165) is 49.8 Å². The number of pyridine rings is 1. The summed E-state index contributed by atoms with van der Waals surface area (Å²) in [6, 6.07) is 19.0. The lowest BCUT2D eigenvalue weighted by molar-refractivity contribution is 0.354. The van der Waals surface area contributed by atoms with Crippen LogP contribution in [0.25, 0.3) is 0 Å². The number of anilines is 2. The van der Waals surface area contributed by atoms with Crippen molar-refractivity contribution < 1.29 is 9.47 Å². The number of ether oxygens (including phenoxy) is 2. The molecule has 0 atom stereocenters. The van der Waals surface area contributed by atoms with Crippen molar-refractivity contribution in [3.05, 3.63) is 77.5 Å². The van der Waals surface area contributed by atoms with E-state index in [1.807, 2.05) is 18.3 Å². The zero-order chi connectivity index (χ0) is 20.9. The van der Waals surface area contributed by atoms with Gasteiger partial charge in [-0.25, -0.2) is 4.98 Å². The fourth-order valence-electron chi connectivity index (χ4n) is 3.95. The summed E-state index contributed by atoms with van der Waals surface area (Å²) in [5, 5.41) is 0. The largest absolute Gasteiger partial charge is 0.493 e. The van der Waals surface area contributed by atoms with Crippen molar-refractivity contribution >= 4 is 11.5 Å². The summed E-state index contributed by atoms with van der Waals surface area (Å²) in [6.07, 6.45) is 4.01. The van der Waals surface area contributed by atoms with E-state index < -0.39 is 0 Å². The Morgan fingerprint density at radius 3 is 2.53 bits per heavy atom. The molecule has 1 aliphatic heterocycles. The van der Waals surface area contributed by atoms with Gasteiger partial charge in [0.2, 0.25) is 0 Å². The van der Waals surface area contributed by atoms with Crippen LogP contribution in [0.2, 0.25) is 0 Å². The molecule has 4 rings (SSSR count). The van der Waals surface area contributed by atoms with Crippen molar-refractivity contribution in [2.24, 2.45) is 0 Å². The average molecular weight is 404 g/mol. The van der Waals surface area contributed by atoms with Gasteiger partial charge in [-0.3, -0.25) is 0 Å². The molecule has 156 valence electrons. The Bertz CT molecular complexity index is 991. The van der Waals surface area contributed by atoms with Gasteiger partial charge in [-0.15, -0.1) is 0 Å². The molecule has 5 heteroatoms. The Balaban J connectivity index is 1.44. The van der Waals surface area contributed by atoms with Gasteiger partial charge in [-0.2, -0.15) is 0 Å². The van der Waals surface area contributed by atoms with Gasteiger partial charge in [0, 0.05) is 44.6 Å². The molecule has 5 nitrogen and oxygen atoms in total. The van der Waals surface area contributed by atoms with E-state index in [9.17, 15) is 0 Å². The van der Waals surface area contributed by atoms with Crippen molar-refractivity contribution in [1.82, 2.24) is 4.98 Å². The molecular weight excluding hydrogens is 374 g/mol. The second-order valence-corrected chi connectivity index (χ2v) is 7.69. The lowest BCUT2D eigenvalue weighted by Crippen LogP contribution is -2.23. The van der Waals surface area contributed by atoms with Gasteiger partial charge in [-0.05, 0) is 41.7 Å². The zero-order valence-corrected chi connectivity index (χ0v) is 18.0. The molecule has 0 unspecified atom stereocenters. The third kappa shape index (κ3) is 4.35. The molecular formula is C25H29N3O2. The number of rotatable bonds is 8. The van der Waals surface area contributed by atoms with Gasteiger partial charge in [0.05, 0.1) is 14.2 Å². The molecule has 0 radical (unpaired) electrons. The van der Waals surface area contributed by atoms with Crippen LogP contribution in [0.5, 0.6) is 11.5 Å². The molecule has 30 heavy (non-hydrogen) atoms. The van der Waals surface area contributed by atoms with Crippen molar-refractivity contribution in [2.75, 3.05) is 44.2 Å². The van der Waals surface area contributed by atoms with Gasteiger partial charge in [0.15, 0.2) is 11.5 Å². The lowest BCUT2D eigenvalue weighted by atomic mass is 10.1. The van der Waals surface area contributed by atoms with Crippen LogP contribution in [0.1, 0.15) is 16.7 Å². The van der Waals surface area contributed by atoms with Gasteiger partial charge < -0.3 is 19.3 Å². The normalized spacial score (nSPS) is 12.6. The second kappa shape index (κ2) is 9.08. The molecule has 3 aromatic rings. The first kappa shape index (κ1) is 20.1. The molecule has 0 bridgehead atoms. The summed E-state index contributed by atoms with van der Waals surface area (Å²) in [5.41, 5.74) is 5.20. The van der Waals surface area contributed by atoms with Crippen LogP contribution in [0.15, 0.2) is 60.8 Å². The topological polar surface area (TPSA) is 37.8 Å². The van der Waals surface area contributed by atoms with E-state index in [4.69, 9.17) is 14.5 Å². The monoisotopic (exact) mass is 403 g/mol. The number of aromatic nitrogens is 1. The van der Waals surface area contributed by atoms with Gasteiger partial charge in [0.25, 0.3) is 0 Å². The maximum Gasteiger partial charge on any atom is 0.160 e. The molecule has 1 aliphatic rings. The average Bonchev–Trinajstić information content (AvgIpc) is 3.19. The second-order valence-electron chi connectivity index (χ2n) is 7.69. The van der Waals surface area contributed by atoms with Crippen LogP contribution >= 0.6 is 0 Å². The molecule has 1 aromatic heterocycles. The van der Waals surface area contributed by atoms with Crippen LogP contribution < -0.4 is 19.3 Å². The van der Waals surface area contributed by atoms with E-state index in [2.05, 4.69) is 59.3 Å². The van der Waals surface area contributed by atoms with E-state index in [-0.39, 0.29) is 0 Å². The zero-order valence-electron chi connectivity index (χ0n) is 18.0. The Labute approximate surface area is 178 Å². The number of benzene rings is 2. The van der Waals surface area contributed by atoms with E-state index in [1.54, 1.807) is 14.2 Å². The molecule has 0 amide bonds. The fraction of sp³-hybridized carbons (Fsp3) is 0.320. The fourth-order valence-corrected chi connectivity index (χ4v) is 3.95. The standard InChI is InChI=1S/C25H29N3O2/c1-27(13-11-19-9-10-23(29-2)24(15-19)30-3)25-16-22-21(17-26-25)12-14-28(22)18-20-7-5-4-6-8-20/h4-10,15-17H,11-14,18H2,1-3H3. The summed E-state index contributed by atoms with van der Waals surface area (Å²) >= 11 is 0. The molecule has 0 spiro atoms. The predicted molar refractivity (Wildman–Crippen MR) is 122 cm³/mol. The molecule has 2 heterocycles. The summed E-state index contributed by atoms with van der Waals surface area (Å²) < 4.78 is 10.8. The molecule has 0 N–H and O–H groups in total. The van der Waals surface area contributed by atoms with E-state index >= 15 is 0 Å². The Morgan fingerprint density at radius 1 is 0.967 bits per heavy atom. The van der Waals surface area contributed by atoms with Crippen LogP contribution in [-0.2, 0) is 19.4 Å². The van der Waals surface area contributed by atoms with Crippen LogP contribution in [0.4, 0.5) is 11.5 Å². The number of hydrogen-bond donors (Lipinski definition) is 0. The van der Waals surface area contributed by atoms with Crippen molar-refractivity contribution in [3.8, 4) is 11.5 Å². The van der Waals surface area contributed by atoms with Crippen LogP contribution in [0, 0.1) is 0 Å². The van der Waals surface area contributed by atoms with Gasteiger partial charge in [0.1, 0.15) is 5.82 Å². The van der Waals surface area contributed by atoms with Crippen LogP contribution in [0.3, 0.4) is 0 Å². The third-order valence-corrected chi connectivity index (χ3v) is 5.73. The minimum Gasteiger partial charge on any atom is -0.493 e. The maximum atomic E-state index is 5.42. The molecule has 0 saturated heterocycles. The van der Waals surface area contributed by atoms with E-state index in [0.29, 0.717) is 0 Å². The van der Waals surface area contributed by atoms with Crippen molar-refractivity contribution in [1.29, 1.82) is 0 Å². The summed E-state index contributed by atoms with van der Waals surface area (Å²) in [4.78, 5) is 9.39. The maximum absolute atomic E-state index is 5.42. The summed E-state index contributed by atoms with van der Waals surface area (Å²) in [7, 11) is 5.43. The first-order valence-corrected chi connectivity index (χ1v) is 10.4. The Kier molecular flexibility index (Phi) is 6.07. The highest BCUT2D eigenvalue weighted by atomic mass is 16.5. The van der Waals surface area contributed by atoms with Crippen molar-refractivity contribution in [2.45, 2.75) is 19.4 Å². The molecule has 0 fully saturated rings. The first-order valence-electron chi connectivity index (χ1n) is 10.4. The smallest absolute Gasteiger partial charge is 0.160 e. The van der Waals surface area contributed by atoms with Crippen molar-refractivity contribution in [3.63, 3.8) is 0 Å². The van der Waals surface area contributed by atoms with Gasteiger partial charge >= 0.3 is 0 Å². The summed E-state index contributed by atoms with van der Waals surface area (Å²) in [5.74, 6) is 2.53. The Morgan fingerprint density at radius 2 is 1.77 bits per heavy atom. The first-order chi connectivity index (χ1) is 14.7. The lowest BCUT2D eigenvalue weighted by Gasteiger charge is -2.23. The number of nitrogens with zero attached hydrogens (tertiary/aromatic N) is 3. The minimum atomic E-state index is 0.758. The number of hydrogen-bond acceptors (Lipinski definition) is 5. The SMILES string of the molecule is COc1ccc(CCN(C)c2cc3c(cn2)CCN3Cc2ccccc2)cc1OC. The molecule has 2 aromatic carbocycles. The minimum absolute atomic E-state index is 0.758. The third-order valence-electron chi connectivity index (χ3n) is 5.73. The predicted octanol–water partition coefficient (Wildman–Crippen LogP) is 4.34. The number of fused-ring (bicyclic) bond motifs is 1. The molecule has 0 aliphatic carbocycles. The number of likely N-dealkylation sites (N-methyl/N-ethyl adjacent to an activating group) is 1. The summed E-state index contributed by atoms with van der Waals surface area (Å²) in [6.45, 7) is 2.86.